The molecule has 1 atom stereocenters. The molecule has 3 rings (SSSR count). The summed E-state index contributed by atoms with van der Waals surface area (Å²) in [5, 5.41) is 8.04. The largest absolute Gasteiger partial charge is 0.472 e. The van der Waals surface area contributed by atoms with Crippen molar-refractivity contribution in [1.82, 2.24) is 14.1 Å². The Morgan fingerprint density at radius 1 is 1.44 bits per heavy atom. The van der Waals surface area contributed by atoms with Gasteiger partial charge in [0.2, 0.25) is 15.9 Å². The van der Waals surface area contributed by atoms with Crippen molar-refractivity contribution >= 4 is 21.6 Å². The predicted octanol–water partition coefficient (Wildman–Crippen LogP) is 2.11. The van der Waals surface area contributed by atoms with E-state index >= 15 is 0 Å². The summed E-state index contributed by atoms with van der Waals surface area (Å²) in [5.41, 5.74) is 4.59. The lowest BCUT2D eigenvalue weighted by Gasteiger charge is -2.32. The number of aromatic nitrogens is 2. The van der Waals surface area contributed by atoms with Crippen LogP contribution in [0.2, 0.25) is 0 Å². The maximum atomic E-state index is 12.5. The molecule has 27 heavy (non-hydrogen) atoms. The Labute approximate surface area is 160 Å². The molecular weight excluding hydrogens is 366 g/mol. The molecule has 0 spiro atoms. The Kier molecular flexibility index (Phi) is 6.01. The number of rotatable bonds is 5. The van der Waals surface area contributed by atoms with E-state index in [1.54, 1.807) is 29.0 Å². The van der Waals surface area contributed by atoms with Gasteiger partial charge in [0.15, 0.2) is 0 Å². The smallest absolute Gasteiger partial charge is 0.238 e. The van der Waals surface area contributed by atoms with Gasteiger partial charge in [-0.2, -0.15) is 5.10 Å². The Bertz CT molecular complexity index is 854. The number of piperidine rings is 1. The third-order valence-corrected chi connectivity index (χ3v) is 6.89. The van der Waals surface area contributed by atoms with Gasteiger partial charge in [-0.05, 0) is 38.7 Å². The van der Waals surface area contributed by atoms with Crippen molar-refractivity contribution in [2.45, 2.75) is 31.9 Å². The van der Waals surface area contributed by atoms with Crippen LogP contribution in [0, 0.1) is 5.92 Å². The highest BCUT2D eigenvalue weighted by atomic mass is 32.2. The quantitative estimate of drug-likeness (QED) is 0.774. The van der Waals surface area contributed by atoms with Gasteiger partial charge in [-0.15, -0.1) is 5.10 Å². The number of hydrogen-bond acceptors (Lipinski definition) is 6. The highest BCUT2D eigenvalue weighted by Gasteiger charge is 2.30. The van der Waals surface area contributed by atoms with Crippen LogP contribution in [0.15, 0.2) is 41.3 Å². The van der Waals surface area contributed by atoms with Gasteiger partial charge in [0.25, 0.3) is 0 Å². The van der Waals surface area contributed by atoms with Crippen LogP contribution >= 0.6 is 0 Å². The molecule has 1 aromatic heterocycles. The van der Waals surface area contributed by atoms with Crippen molar-refractivity contribution in [2.75, 3.05) is 25.1 Å². The van der Waals surface area contributed by atoms with Gasteiger partial charge in [0.1, 0.15) is 6.61 Å². The van der Waals surface area contributed by atoms with Gasteiger partial charge in [0.05, 0.1) is 17.1 Å². The molecule has 3 heterocycles. The zero-order valence-corrected chi connectivity index (χ0v) is 16.8. The van der Waals surface area contributed by atoms with E-state index in [4.69, 9.17) is 4.74 Å². The molecule has 0 radical (unpaired) electrons. The summed E-state index contributed by atoms with van der Waals surface area (Å²) in [6.07, 6.45) is 11.3. The second kappa shape index (κ2) is 8.26. The van der Waals surface area contributed by atoms with Crippen LogP contribution in [0.1, 0.15) is 26.7 Å². The van der Waals surface area contributed by atoms with Gasteiger partial charge in [0, 0.05) is 31.9 Å². The van der Waals surface area contributed by atoms with E-state index in [-0.39, 0.29) is 5.92 Å². The summed E-state index contributed by atoms with van der Waals surface area (Å²) in [7, 11) is -1.39. The van der Waals surface area contributed by atoms with Crippen LogP contribution in [-0.2, 0) is 21.8 Å². The summed E-state index contributed by atoms with van der Waals surface area (Å²) in [6.45, 7) is 5.01. The van der Waals surface area contributed by atoms with Crippen LogP contribution in [-0.4, -0.2) is 53.3 Å². The number of sulfonamides is 1. The van der Waals surface area contributed by atoms with E-state index < -0.39 is 15.3 Å². The molecule has 1 N–H and O–H groups in total. The van der Waals surface area contributed by atoms with Gasteiger partial charge in [-0.1, -0.05) is 12.2 Å². The van der Waals surface area contributed by atoms with E-state index in [2.05, 4.69) is 21.7 Å². The topological polar surface area (TPSA) is 88.8 Å². The van der Waals surface area contributed by atoms with Crippen LogP contribution in [0.4, 0.5) is 5.69 Å². The van der Waals surface area contributed by atoms with Gasteiger partial charge in [-0.3, -0.25) is 10.1 Å². The lowest BCUT2D eigenvalue weighted by Crippen LogP contribution is -2.42. The fourth-order valence-corrected chi connectivity index (χ4v) is 4.55. The highest BCUT2D eigenvalue weighted by Crippen LogP contribution is 2.24. The molecule has 2 aliphatic rings. The molecule has 1 saturated heterocycles. The number of hydrazone groups is 1. The van der Waals surface area contributed by atoms with Gasteiger partial charge < -0.3 is 4.74 Å². The fourth-order valence-electron chi connectivity index (χ4n) is 3.17. The first-order valence-electron chi connectivity index (χ1n) is 9.19. The molecule has 1 fully saturated rings. The maximum Gasteiger partial charge on any atom is 0.238 e. The molecule has 9 heteroatoms. The molecule has 0 saturated carbocycles. The standard InChI is InChI=1S/C18H27N5O3S/c1-14(2)27(24,25)23-8-4-6-15(12-23)10-16-7-5-9-26-18(16)21-20-17-11-19-22(3)13-17/h5,7,10-11,13-15,20H,4,6,8-9,12H2,1-3H3. The lowest BCUT2D eigenvalue weighted by molar-refractivity contribution is 0.297. The van der Waals surface area contributed by atoms with Crippen molar-refractivity contribution in [1.29, 1.82) is 0 Å². The molecule has 8 nitrogen and oxygen atoms in total. The molecule has 0 amide bonds. The Balaban J connectivity index is 1.74. The summed E-state index contributed by atoms with van der Waals surface area (Å²) in [5.74, 6) is 0.641. The number of aryl methyl sites for hydroxylation is 1. The average Bonchev–Trinajstić information content (AvgIpc) is 3.06. The molecular formula is C18H27N5O3S. The number of ether oxygens (including phenoxy) is 1. The van der Waals surface area contributed by atoms with Crippen molar-refractivity contribution in [3.8, 4) is 0 Å². The zero-order chi connectivity index (χ0) is 19.4. The van der Waals surface area contributed by atoms with E-state index in [0.717, 1.165) is 24.1 Å². The van der Waals surface area contributed by atoms with E-state index in [1.807, 2.05) is 25.4 Å². The third kappa shape index (κ3) is 4.78. The molecule has 148 valence electrons. The first kappa shape index (κ1) is 19.6. The monoisotopic (exact) mass is 393 g/mol. The summed E-state index contributed by atoms with van der Waals surface area (Å²) < 4.78 is 33.9. The molecule has 1 aromatic rings. The molecule has 0 bridgehead atoms. The Morgan fingerprint density at radius 3 is 2.96 bits per heavy atom. The minimum atomic E-state index is -3.23. The van der Waals surface area contributed by atoms with Crippen LogP contribution in [0.25, 0.3) is 0 Å². The Morgan fingerprint density at radius 2 is 2.26 bits per heavy atom. The first-order chi connectivity index (χ1) is 12.9. The number of nitrogens with zero attached hydrogens (tertiary/aromatic N) is 4. The second-order valence-electron chi connectivity index (χ2n) is 7.12. The fraction of sp³-hybridized carbons (Fsp3) is 0.556. The minimum absolute atomic E-state index is 0.136. The lowest BCUT2D eigenvalue weighted by atomic mass is 9.96. The highest BCUT2D eigenvalue weighted by molar-refractivity contribution is 7.89. The molecule has 1 unspecified atom stereocenters. The Hall–Kier alpha value is -2.13. The van der Waals surface area contributed by atoms with Crippen molar-refractivity contribution < 1.29 is 13.2 Å². The first-order valence-corrected chi connectivity index (χ1v) is 10.7. The summed E-state index contributed by atoms with van der Waals surface area (Å²) in [6, 6.07) is 0. The van der Waals surface area contributed by atoms with Crippen LogP contribution in [0.5, 0.6) is 0 Å². The van der Waals surface area contributed by atoms with Crippen LogP contribution in [0.3, 0.4) is 0 Å². The van der Waals surface area contributed by atoms with Crippen molar-refractivity contribution in [3.05, 3.63) is 36.2 Å². The molecule has 0 aliphatic carbocycles. The zero-order valence-electron chi connectivity index (χ0n) is 16.0. The maximum absolute atomic E-state index is 12.5. The average molecular weight is 394 g/mol. The molecule has 2 aliphatic heterocycles. The van der Waals surface area contributed by atoms with Crippen LogP contribution < -0.4 is 5.43 Å². The van der Waals surface area contributed by atoms with Gasteiger partial charge in [-0.25, -0.2) is 12.7 Å². The predicted molar refractivity (Wildman–Crippen MR) is 106 cm³/mol. The van der Waals surface area contributed by atoms with Crippen molar-refractivity contribution in [2.24, 2.45) is 18.1 Å². The number of hydrogen-bond donors (Lipinski definition) is 1. The second-order valence-corrected chi connectivity index (χ2v) is 9.61. The van der Waals surface area contributed by atoms with Gasteiger partial charge >= 0.3 is 0 Å². The summed E-state index contributed by atoms with van der Waals surface area (Å²) >= 11 is 0. The SMILES string of the molecule is CC(C)S(=O)(=O)N1CCCC(C=C2C=CCOC2=NNc2cnn(C)c2)C1. The summed E-state index contributed by atoms with van der Waals surface area (Å²) in [4.78, 5) is 0. The van der Waals surface area contributed by atoms with E-state index in [0.29, 0.717) is 25.6 Å². The number of anilines is 1. The minimum Gasteiger partial charge on any atom is -0.472 e. The van der Waals surface area contributed by atoms with E-state index in [9.17, 15) is 8.42 Å². The number of nitrogens with one attached hydrogen (secondary N) is 1. The van der Waals surface area contributed by atoms with Crippen molar-refractivity contribution in [3.63, 3.8) is 0 Å². The van der Waals surface area contributed by atoms with E-state index in [1.165, 1.54) is 0 Å². The normalized spacial score (nSPS) is 24.5. The molecule has 0 aromatic carbocycles. The third-order valence-electron chi connectivity index (χ3n) is 4.64.